The summed E-state index contributed by atoms with van der Waals surface area (Å²) in [4.78, 5) is 0. The average Bonchev–Trinajstić information content (AvgIpc) is 4.15. The van der Waals surface area contributed by atoms with Crippen LogP contribution in [0.5, 0.6) is 0 Å². The van der Waals surface area contributed by atoms with E-state index in [4.69, 9.17) is 4.42 Å². The van der Waals surface area contributed by atoms with Crippen LogP contribution in [0.1, 0.15) is 103 Å². The molecule has 1 aliphatic heterocycles. The lowest BCUT2D eigenvalue weighted by atomic mass is 9.58. The summed E-state index contributed by atoms with van der Waals surface area (Å²) in [6, 6.07) is 64.2. The van der Waals surface area contributed by atoms with Gasteiger partial charge in [-0.05, 0) is 134 Å². The smallest absolute Gasteiger partial charge is 0.197 e. The largest absolute Gasteiger partial charge is 0.455 e. The summed E-state index contributed by atoms with van der Waals surface area (Å²) in [5, 5.41) is 11.4. The molecule has 0 unspecified atom stereocenters. The Labute approximate surface area is 450 Å². The summed E-state index contributed by atoms with van der Waals surface area (Å²) in [5.74, 6) is 1.77. The maximum atomic E-state index is 7.09. The van der Waals surface area contributed by atoms with Crippen LogP contribution in [0.3, 0.4) is 0 Å². The van der Waals surface area contributed by atoms with Crippen molar-refractivity contribution in [1.82, 2.24) is 4.57 Å². The summed E-state index contributed by atoms with van der Waals surface area (Å²) in [5.41, 5.74) is 22.6. The molecule has 0 atom stereocenters. The fraction of sp³-hybridized carbons (Fsp3) is 0.211. The molecular weight excluding hydrogens is 940 g/mol. The first-order chi connectivity index (χ1) is 36.5. The van der Waals surface area contributed by atoms with E-state index in [0.717, 1.165) is 55.9 Å². The Morgan fingerprint density at radius 1 is 0.513 bits per heavy atom. The molecule has 3 aromatic heterocycles. The Morgan fingerprint density at radius 3 is 1.83 bits per heavy atom. The van der Waals surface area contributed by atoms with E-state index in [1.807, 2.05) is 11.3 Å². The average molecular weight is 1000 g/mol. The Kier molecular flexibility index (Phi) is 9.48. The summed E-state index contributed by atoms with van der Waals surface area (Å²) in [6.07, 6.45) is 2.37. The third-order valence-electron chi connectivity index (χ3n) is 18.0. The van der Waals surface area contributed by atoms with Gasteiger partial charge in [0, 0.05) is 86.4 Å². The van der Waals surface area contributed by atoms with Crippen molar-refractivity contribution in [1.29, 1.82) is 0 Å². The minimum atomic E-state index is -0.164. The van der Waals surface area contributed by atoms with Crippen LogP contribution < -0.4 is 16.2 Å². The van der Waals surface area contributed by atoms with E-state index in [1.54, 1.807) is 0 Å². The van der Waals surface area contributed by atoms with Gasteiger partial charge in [-0.3, -0.25) is 0 Å². The number of nitrogens with one attached hydrogen (secondary N) is 1. The van der Waals surface area contributed by atoms with Crippen molar-refractivity contribution in [3.05, 3.63) is 198 Å². The molecule has 0 amide bonds. The lowest BCUT2D eigenvalue weighted by molar-refractivity contribution is 0.332. The van der Waals surface area contributed by atoms with Crippen LogP contribution in [0.15, 0.2) is 174 Å². The molecule has 0 fully saturated rings. The second-order valence-electron chi connectivity index (χ2n) is 25.0. The van der Waals surface area contributed by atoms with Gasteiger partial charge in [0.15, 0.2) is 7.28 Å². The SMILES string of the molecule is CC(C)(C)c1ccc(Nc2cc3sc4cc5c(cc4c3cc2-c2ccc3c4cc6c(cc4n4c3c2[B]c2cc3c(-c7ccccc7)oc(-c7ccccc7)c3cc2-4)C(C)(C)c2ccccc2-6)C(C)(C)CCC5(C)C)cc1. The number of fused-ring (bicyclic) bond motifs is 13. The molecule has 1 N–H and O–H groups in total. The fourth-order valence-electron chi connectivity index (χ4n) is 13.6. The number of aromatic nitrogens is 1. The van der Waals surface area contributed by atoms with Gasteiger partial charge >= 0.3 is 0 Å². The third kappa shape index (κ3) is 6.60. The molecule has 1 radical (unpaired) electrons. The first kappa shape index (κ1) is 45.8. The van der Waals surface area contributed by atoms with E-state index in [2.05, 4.69) is 249 Å². The molecule has 2 aliphatic carbocycles. The zero-order chi connectivity index (χ0) is 51.8. The van der Waals surface area contributed by atoms with Crippen molar-refractivity contribution in [3.8, 4) is 50.6 Å². The van der Waals surface area contributed by atoms with E-state index < -0.39 is 0 Å². The predicted octanol–water partition coefficient (Wildman–Crippen LogP) is 18.6. The summed E-state index contributed by atoms with van der Waals surface area (Å²) >= 11 is 1.93. The van der Waals surface area contributed by atoms with Gasteiger partial charge in [0.05, 0.1) is 5.52 Å². The van der Waals surface area contributed by atoms with Gasteiger partial charge < -0.3 is 14.3 Å². The van der Waals surface area contributed by atoms with Crippen molar-refractivity contribution in [3.63, 3.8) is 0 Å². The summed E-state index contributed by atoms with van der Waals surface area (Å²) in [7, 11) is 2.49. The highest BCUT2D eigenvalue weighted by Crippen LogP contribution is 2.53. The highest BCUT2D eigenvalue weighted by atomic mass is 32.1. The van der Waals surface area contributed by atoms with Crippen LogP contribution in [0.25, 0.3) is 103 Å². The number of nitrogens with zero attached hydrogens (tertiary/aromatic N) is 1. The van der Waals surface area contributed by atoms with Crippen LogP contribution >= 0.6 is 11.3 Å². The molecule has 15 rings (SSSR count). The van der Waals surface area contributed by atoms with Crippen LogP contribution in [-0.4, -0.2) is 11.8 Å². The molecule has 3 aliphatic rings. The molecule has 4 heterocycles. The quantitative estimate of drug-likeness (QED) is 0.174. The van der Waals surface area contributed by atoms with Crippen LogP contribution in [0.4, 0.5) is 11.4 Å². The molecule has 0 saturated heterocycles. The van der Waals surface area contributed by atoms with E-state index >= 15 is 0 Å². The van der Waals surface area contributed by atoms with Gasteiger partial charge in [-0.25, -0.2) is 0 Å². The van der Waals surface area contributed by atoms with Crippen molar-refractivity contribution >= 4 is 93.7 Å². The van der Waals surface area contributed by atoms with Gasteiger partial charge in [0.1, 0.15) is 11.5 Å². The molecule has 0 saturated carbocycles. The van der Waals surface area contributed by atoms with Gasteiger partial charge in [0.2, 0.25) is 0 Å². The lowest BCUT2D eigenvalue weighted by Gasteiger charge is -2.41. The maximum absolute atomic E-state index is 7.09. The number of thiophene rings is 1. The van der Waals surface area contributed by atoms with Crippen molar-refractivity contribution in [2.75, 3.05) is 5.32 Å². The molecule has 5 heteroatoms. The second-order valence-corrected chi connectivity index (χ2v) is 26.1. The van der Waals surface area contributed by atoms with Crippen molar-refractivity contribution in [2.45, 2.75) is 96.8 Å². The third-order valence-corrected chi connectivity index (χ3v) is 19.2. The maximum Gasteiger partial charge on any atom is 0.197 e. The monoisotopic (exact) mass is 999 g/mol. The van der Waals surface area contributed by atoms with Gasteiger partial charge in [-0.2, -0.15) is 0 Å². The number of benzene rings is 9. The molecule has 12 aromatic rings. The zero-order valence-electron chi connectivity index (χ0n) is 44.9. The predicted molar refractivity (Wildman–Crippen MR) is 326 cm³/mol. The molecule has 0 bridgehead atoms. The van der Waals surface area contributed by atoms with Crippen LogP contribution in [0.2, 0.25) is 0 Å². The second kappa shape index (κ2) is 15.7. The Balaban J connectivity index is 1.03. The summed E-state index contributed by atoms with van der Waals surface area (Å²) < 4.78 is 12.4. The van der Waals surface area contributed by atoms with E-state index in [1.165, 1.54) is 110 Å². The Hall–Kier alpha value is -7.60. The highest BCUT2D eigenvalue weighted by Gasteiger charge is 2.39. The fourth-order valence-corrected chi connectivity index (χ4v) is 14.8. The highest BCUT2D eigenvalue weighted by molar-refractivity contribution is 7.25. The summed E-state index contributed by atoms with van der Waals surface area (Å²) in [6.45, 7) is 21.4. The van der Waals surface area contributed by atoms with E-state index in [-0.39, 0.29) is 21.7 Å². The van der Waals surface area contributed by atoms with Gasteiger partial charge in [-0.15, -0.1) is 11.3 Å². The van der Waals surface area contributed by atoms with Crippen LogP contribution in [0, 0.1) is 0 Å². The Morgan fingerprint density at radius 2 is 1.13 bits per heavy atom. The molecule has 76 heavy (non-hydrogen) atoms. The first-order valence-corrected chi connectivity index (χ1v) is 28.1. The Bertz CT molecular complexity index is 4440. The van der Waals surface area contributed by atoms with E-state index in [9.17, 15) is 0 Å². The number of anilines is 2. The number of hydrogen-bond donors (Lipinski definition) is 1. The minimum Gasteiger partial charge on any atom is -0.455 e. The van der Waals surface area contributed by atoms with Crippen molar-refractivity contribution in [2.24, 2.45) is 0 Å². The number of furan rings is 1. The van der Waals surface area contributed by atoms with Crippen LogP contribution in [-0.2, 0) is 21.7 Å². The van der Waals surface area contributed by atoms with Gasteiger partial charge in [-0.1, -0.05) is 183 Å². The first-order valence-electron chi connectivity index (χ1n) is 27.3. The topological polar surface area (TPSA) is 30.1 Å². The molecule has 369 valence electrons. The molecule has 9 aromatic carbocycles. The molecule has 3 nitrogen and oxygen atoms in total. The normalized spacial score (nSPS) is 15.8. The lowest BCUT2D eigenvalue weighted by Crippen LogP contribution is -2.37. The zero-order valence-corrected chi connectivity index (χ0v) is 45.7. The molecular formula is C71H60BN2OS. The minimum absolute atomic E-state index is 0.0525. The van der Waals surface area contributed by atoms with E-state index in [0.29, 0.717) is 0 Å². The number of hydrogen-bond acceptors (Lipinski definition) is 3. The van der Waals surface area contributed by atoms with Gasteiger partial charge in [0.25, 0.3) is 0 Å². The molecule has 0 spiro atoms. The standard InChI is InChI=1S/C71H60BN2OS/c1-68(2,3)42-24-26-43(27-25-42)73-59-39-63-50(51-34-56-57(38-62(51)76-63)70(6,7)31-30-69(56,4)5)33-48(59)45-28-29-46-49-32-47-44-22-16-17-23-54(44)71(8,9)55(47)37-60(49)74-61-36-53-52(35-58(61)72-64(45)65(46)74)66(40-18-12-10-13-19-40)75-67(53)41-20-14-11-15-21-41/h10-29,32-39,73H,30-31H2,1-9H3. The number of rotatable bonds is 5. The van der Waals surface area contributed by atoms with Crippen molar-refractivity contribution < 1.29 is 4.42 Å².